The highest BCUT2D eigenvalue weighted by Gasteiger charge is 2.28. The Hall–Kier alpha value is -3.35. The number of rotatable bonds is 9. The minimum atomic E-state index is -0.507. The molecule has 0 aliphatic heterocycles. The second-order valence-corrected chi connectivity index (χ2v) is 14.1. The van der Waals surface area contributed by atoms with Crippen molar-refractivity contribution in [3.63, 3.8) is 0 Å². The minimum absolute atomic E-state index is 0.0308. The van der Waals surface area contributed by atoms with Crippen molar-refractivity contribution in [3.8, 4) is 5.75 Å². The maximum atomic E-state index is 12.0. The van der Waals surface area contributed by atoms with E-state index in [4.69, 9.17) is 21.3 Å². The summed E-state index contributed by atoms with van der Waals surface area (Å²) in [7, 11) is 0. The standard InChI is InChI=1S/C33H34ClN3O2S/c1-32(2,3)40-31-26-16-25(39-20-24-18-35-27-8-6-7-9-28(27)36-24)14-15-29(26)37(30(31)17-33(4,5)21-38)19-22-10-12-23(34)13-11-22/h6-16,18,21H,17,19-20H2,1-5H3. The fourth-order valence-corrected chi connectivity index (χ4v) is 6.00. The minimum Gasteiger partial charge on any atom is -0.487 e. The highest BCUT2D eigenvalue weighted by Crippen LogP contribution is 2.44. The molecule has 5 rings (SSSR count). The number of carbonyl (C=O) groups is 1. The van der Waals surface area contributed by atoms with Gasteiger partial charge in [0.15, 0.2) is 0 Å². The topological polar surface area (TPSA) is 57.0 Å². The number of carbonyl (C=O) groups excluding carboxylic acids is 1. The molecule has 40 heavy (non-hydrogen) atoms. The van der Waals surface area contributed by atoms with Crippen molar-refractivity contribution in [2.45, 2.75) is 63.8 Å². The quantitative estimate of drug-likeness (QED) is 0.131. The van der Waals surface area contributed by atoms with Crippen LogP contribution >= 0.6 is 23.4 Å². The first-order valence-electron chi connectivity index (χ1n) is 13.4. The van der Waals surface area contributed by atoms with E-state index < -0.39 is 5.41 Å². The van der Waals surface area contributed by atoms with Crippen molar-refractivity contribution in [1.29, 1.82) is 0 Å². The molecule has 5 nitrogen and oxygen atoms in total. The van der Waals surface area contributed by atoms with Crippen molar-refractivity contribution < 1.29 is 9.53 Å². The van der Waals surface area contributed by atoms with Gasteiger partial charge in [0.2, 0.25) is 0 Å². The van der Waals surface area contributed by atoms with Crippen LogP contribution in [-0.2, 0) is 24.4 Å². The van der Waals surface area contributed by atoms with E-state index in [9.17, 15) is 4.79 Å². The molecule has 0 radical (unpaired) electrons. The molecular weight excluding hydrogens is 538 g/mol. The van der Waals surface area contributed by atoms with Crippen molar-refractivity contribution >= 4 is 51.6 Å². The summed E-state index contributed by atoms with van der Waals surface area (Å²) >= 11 is 8.00. The fraction of sp³-hybridized carbons (Fsp3) is 0.303. The van der Waals surface area contributed by atoms with Gasteiger partial charge in [-0.25, -0.2) is 4.98 Å². The van der Waals surface area contributed by atoms with E-state index >= 15 is 0 Å². The summed E-state index contributed by atoms with van der Waals surface area (Å²) in [6.45, 7) is 11.6. The molecule has 3 aromatic carbocycles. The first-order valence-corrected chi connectivity index (χ1v) is 14.6. The Balaban J connectivity index is 1.57. The summed E-state index contributed by atoms with van der Waals surface area (Å²) in [5.41, 5.74) is 5.39. The van der Waals surface area contributed by atoms with E-state index in [1.165, 1.54) is 4.90 Å². The molecule has 0 spiro atoms. The average Bonchev–Trinajstić information content (AvgIpc) is 3.18. The molecule has 7 heteroatoms. The molecule has 2 heterocycles. The first-order chi connectivity index (χ1) is 19.0. The number of hydrogen-bond donors (Lipinski definition) is 0. The number of halogens is 1. The lowest BCUT2D eigenvalue weighted by Crippen LogP contribution is -2.20. The van der Waals surface area contributed by atoms with Crippen LogP contribution in [-0.4, -0.2) is 25.6 Å². The number of para-hydroxylation sites is 2. The number of benzene rings is 3. The number of fused-ring (bicyclic) bond motifs is 2. The SMILES string of the molecule is CC(C)(C=O)Cc1c(SC(C)(C)C)c2cc(OCc3cnc4ccccc4n3)ccc2n1Cc1ccc(Cl)cc1. The number of aromatic nitrogens is 3. The van der Waals surface area contributed by atoms with Crippen LogP contribution in [0.5, 0.6) is 5.75 Å². The molecule has 206 valence electrons. The van der Waals surface area contributed by atoms with E-state index in [0.717, 1.165) is 50.9 Å². The van der Waals surface area contributed by atoms with Crippen LogP contribution < -0.4 is 4.74 Å². The second-order valence-electron chi connectivity index (χ2n) is 11.8. The van der Waals surface area contributed by atoms with E-state index in [0.29, 0.717) is 24.6 Å². The largest absolute Gasteiger partial charge is 0.487 e. The number of thioether (sulfide) groups is 1. The van der Waals surface area contributed by atoms with Gasteiger partial charge in [-0.1, -0.05) is 70.5 Å². The normalized spacial score (nSPS) is 12.2. The zero-order valence-electron chi connectivity index (χ0n) is 23.6. The second kappa shape index (κ2) is 11.3. The molecule has 0 aliphatic rings. The van der Waals surface area contributed by atoms with Crippen LogP contribution in [0.25, 0.3) is 21.9 Å². The summed E-state index contributed by atoms with van der Waals surface area (Å²) in [5, 5.41) is 1.83. The van der Waals surface area contributed by atoms with Gasteiger partial charge in [0.25, 0.3) is 0 Å². The molecular formula is C33H34ClN3O2S. The Kier molecular flexibility index (Phi) is 7.94. The highest BCUT2D eigenvalue weighted by atomic mass is 35.5. The van der Waals surface area contributed by atoms with Gasteiger partial charge in [0.05, 0.1) is 22.9 Å². The number of hydrogen-bond acceptors (Lipinski definition) is 5. The van der Waals surface area contributed by atoms with E-state index in [1.807, 2.05) is 68.1 Å². The molecule has 2 aromatic heterocycles. The summed E-state index contributed by atoms with van der Waals surface area (Å²) in [4.78, 5) is 22.4. The maximum Gasteiger partial charge on any atom is 0.132 e. The van der Waals surface area contributed by atoms with Crippen LogP contribution in [0.2, 0.25) is 5.02 Å². The lowest BCUT2D eigenvalue weighted by atomic mass is 9.89. The van der Waals surface area contributed by atoms with E-state index in [2.05, 4.69) is 54.6 Å². The number of ether oxygens (including phenoxy) is 1. The van der Waals surface area contributed by atoms with Gasteiger partial charge in [-0.15, -0.1) is 11.8 Å². The Morgan fingerprint density at radius 3 is 2.40 bits per heavy atom. The maximum absolute atomic E-state index is 12.0. The Bertz CT molecular complexity index is 1670. The molecule has 0 aliphatic carbocycles. The lowest BCUT2D eigenvalue weighted by Gasteiger charge is -2.23. The third kappa shape index (κ3) is 6.51. The number of nitrogens with zero attached hydrogens (tertiary/aromatic N) is 3. The summed E-state index contributed by atoms with van der Waals surface area (Å²) in [5.74, 6) is 0.767. The predicted octanol–water partition coefficient (Wildman–Crippen LogP) is 8.52. The van der Waals surface area contributed by atoms with Crippen LogP contribution in [0.3, 0.4) is 0 Å². The molecule has 0 saturated carbocycles. The summed E-state index contributed by atoms with van der Waals surface area (Å²) in [6.07, 6.45) is 3.45. The zero-order chi connectivity index (χ0) is 28.5. The third-order valence-electron chi connectivity index (χ3n) is 6.58. The van der Waals surface area contributed by atoms with Crippen molar-refractivity contribution in [2.24, 2.45) is 5.41 Å². The molecule has 0 atom stereocenters. The Morgan fingerprint density at radius 2 is 1.70 bits per heavy atom. The smallest absolute Gasteiger partial charge is 0.132 e. The van der Waals surface area contributed by atoms with Crippen molar-refractivity contribution in [1.82, 2.24) is 14.5 Å². The molecule has 5 aromatic rings. The molecule has 0 amide bonds. The number of aldehydes is 1. The first kappa shape index (κ1) is 28.2. The van der Waals surface area contributed by atoms with Crippen molar-refractivity contribution in [2.75, 3.05) is 0 Å². The van der Waals surface area contributed by atoms with Crippen molar-refractivity contribution in [3.05, 3.63) is 94.9 Å². The lowest BCUT2D eigenvalue weighted by molar-refractivity contribution is -0.114. The van der Waals surface area contributed by atoms with Gasteiger partial charge in [-0.2, -0.15) is 0 Å². The molecule has 0 saturated heterocycles. The predicted molar refractivity (Wildman–Crippen MR) is 166 cm³/mol. The van der Waals surface area contributed by atoms with Gasteiger partial charge < -0.3 is 14.1 Å². The molecule has 0 N–H and O–H groups in total. The summed E-state index contributed by atoms with van der Waals surface area (Å²) < 4.78 is 8.56. The fourth-order valence-electron chi connectivity index (χ4n) is 4.69. The van der Waals surface area contributed by atoms with Crippen LogP contribution in [0.15, 0.2) is 77.8 Å². The Labute approximate surface area is 244 Å². The van der Waals surface area contributed by atoms with Gasteiger partial charge >= 0.3 is 0 Å². The van der Waals surface area contributed by atoms with Gasteiger partial charge in [0, 0.05) is 49.6 Å². The highest BCUT2D eigenvalue weighted by molar-refractivity contribution is 8.00. The monoisotopic (exact) mass is 571 g/mol. The third-order valence-corrected chi connectivity index (χ3v) is 8.10. The van der Waals surface area contributed by atoms with Crippen LogP contribution in [0.1, 0.15) is 51.6 Å². The molecule has 0 bridgehead atoms. The van der Waals surface area contributed by atoms with Gasteiger partial charge in [-0.3, -0.25) is 4.98 Å². The van der Waals surface area contributed by atoms with Gasteiger partial charge in [-0.05, 0) is 48.0 Å². The van der Waals surface area contributed by atoms with E-state index in [-0.39, 0.29) is 4.75 Å². The van der Waals surface area contributed by atoms with E-state index in [1.54, 1.807) is 6.20 Å². The average molecular weight is 572 g/mol. The summed E-state index contributed by atoms with van der Waals surface area (Å²) in [6, 6.07) is 22.0. The zero-order valence-corrected chi connectivity index (χ0v) is 25.1. The Morgan fingerprint density at radius 1 is 0.975 bits per heavy atom. The van der Waals surface area contributed by atoms with Crippen LogP contribution in [0.4, 0.5) is 0 Å². The molecule has 0 fully saturated rings. The molecule has 0 unspecified atom stereocenters. The van der Waals surface area contributed by atoms with Crippen LogP contribution in [0, 0.1) is 5.41 Å². The van der Waals surface area contributed by atoms with Gasteiger partial charge in [0.1, 0.15) is 18.6 Å².